The summed E-state index contributed by atoms with van der Waals surface area (Å²) in [6, 6.07) is 4.25. The molecule has 5 nitrogen and oxygen atoms in total. The van der Waals surface area contributed by atoms with E-state index >= 15 is 0 Å². The summed E-state index contributed by atoms with van der Waals surface area (Å²) >= 11 is 0. The molecule has 1 aromatic heterocycles. The Labute approximate surface area is 109 Å². The van der Waals surface area contributed by atoms with Crippen molar-refractivity contribution in [1.29, 1.82) is 0 Å². The van der Waals surface area contributed by atoms with E-state index in [0.717, 1.165) is 4.57 Å². The van der Waals surface area contributed by atoms with Gasteiger partial charge >= 0.3 is 5.69 Å². The van der Waals surface area contributed by atoms with E-state index in [4.69, 9.17) is 0 Å². The van der Waals surface area contributed by atoms with Crippen LogP contribution in [-0.2, 0) is 13.6 Å². The zero-order valence-electron chi connectivity index (χ0n) is 10.9. The Kier molecular flexibility index (Phi) is 3.80. The highest BCUT2D eigenvalue weighted by Gasteiger charge is 2.13. The summed E-state index contributed by atoms with van der Waals surface area (Å²) in [5.74, 6) is -0.559. The van der Waals surface area contributed by atoms with Crippen molar-refractivity contribution >= 4 is 10.9 Å². The van der Waals surface area contributed by atoms with E-state index in [2.05, 4.69) is 5.32 Å². The third-order valence-electron chi connectivity index (χ3n) is 3.12. The van der Waals surface area contributed by atoms with E-state index in [1.807, 2.05) is 0 Å². The predicted octanol–water partition coefficient (Wildman–Crippen LogP) is 0.449. The smallest absolute Gasteiger partial charge is 0.320 e. The fourth-order valence-corrected chi connectivity index (χ4v) is 2.15. The van der Waals surface area contributed by atoms with Crippen LogP contribution in [0.15, 0.2) is 27.8 Å². The predicted molar refractivity (Wildman–Crippen MR) is 72.0 cm³/mol. The summed E-state index contributed by atoms with van der Waals surface area (Å²) in [6.07, 6.45) is 0.659. The van der Waals surface area contributed by atoms with E-state index in [-0.39, 0.29) is 10.9 Å². The molecule has 6 heteroatoms. The van der Waals surface area contributed by atoms with Crippen LogP contribution in [0.4, 0.5) is 4.39 Å². The van der Waals surface area contributed by atoms with Gasteiger partial charge in [0, 0.05) is 13.6 Å². The molecular weight excluding hydrogens is 249 g/mol. The second kappa shape index (κ2) is 5.36. The molecule has 0 aliphatic rings. The molecular formula is C13H16FN3O2. The second-order valence-corrected chi connectivity index (χ2v) is 4.39. The molecule has 1 N–H and O–H groups in total. The van der Waals surface area contributed by atoms with Crippen LogP contribution in [0.5, 0.6) is 0 Å². The number of rotatable bonds is 4. The first-order valence-corrected chi connectivity index (χ1v) is 6.10. The third kappa shape index (κ3) is 2.31. The van der Waals surface area contributed by atoms with Crippen LogP contribution in [0.2, 0.25) is 0 Å². The van der Waals surface area contributed by atoms with Gasteiger partial charge < -0.3 is 5.32 Å². The second-order valence-electron chi connectivity index (χ2n) is 4.39. The maximum atomic E-state index is 13.7. The lowest BCUT2D eigenvalue weighted by Gasteiger charge is -2.10. The summed E-state index contributed by atoms with van der Waals surface area (Å²) in [7, 11) is 3.28. The molecule has 0 unspecified atom stereocenters. The highest BCUT2D eigenvalue weighted by Crippen LogP contribution is 2.11. The number of fused-ring (bicyclic) bond motifs is 1. The van der Waals surface area contributed by atoms with Crippen molar-refractivity contribution in [2.45, 2.75) is 13.0 Å². The SMILES string of the molecule is CNCCCn1c(=O)c2cccc(F)c2n(C)c1=O. The Morgan fingerprint density at radius 2 is 2.05 bits per heavy atom. The van der Waals surface area contributed by atoms with E-state index < -0.39 is 17.1 Å². The largest absolute Gasteiger partial charge is 0.331 e. The Morgan fingerprint density at radius 1 is 1.32 bits per heavy atom. The number of aryl methyl sites for hydroxylation is 1. The van der Waals surface area contributed by atoms with Crippen molar-refractivity contribution in [2.24, 2.45) is 7.05 Å². The number of benzene rings is 1. The molecule has 2 rings (SSSR count). The molecule has 0 aliphatic carbocycles. The summed E-state index contributed by atoms with van der Waals surface area (Å²) in [6.45, 7) is 1.02. The fourth-order valence-electron chi connectivity index (χ4n) is 2.15. The molecule has 0 amide bonds. The summed E-state index contributed by atoms with van der Waals surface area (Å²) < 4.78 is 16.1. The molecule has 0 atom stereocenters. The standard InChI is InChI=1S/C13H16FN3O2/c1-15-7-4-8-17-12(18)9-5-3-6-10(14)11(9)16(2)13(17)19/h3,5-6,15H,4,7-8H2,1-2H3. The zero-order chi connectivity index (χ0) is 14.0. The zero-order valence-corrected chi connectivity index (χ0v) is 10.9. The quantitative estimate of drug-likeness (QED) is 0.817. The minimum Gasteiger partial charge on any atom is -0.320 e. The molecule has 0 bridgehead atoms. The number of nitrogens with zero attached hydrogens (tertiary/aromatic N) is 2. The van der Waals surface area contributed by atoms with Crippen LogP contribution in [0, 0.1) is 5.82 Å². The fraction of sp³-hybridized carbons (Fsp3) is 0.385. The lowest BCUT2D eigenvalue weighted by molar-refractivity contribution is 0.554. The first-order valence-electron chi connectivity index (χ1n) is 6.10. The average molecular weight is 265 g/mol. The number of nitrogens with one attached hydrogen (secondary N) is 1. The van der Waals surface area contributed by atoms with E-state index in [0.29, 0.717) is 19.5 Å². The minimum absolute atomic E-state index is 0.0577. The minimum atomic E-state index is -0.559. The van der Waals surface area contributed by atoms with Gasteiger partial charge in [0.1, 0.15) is 5.82 Å². The van der Waals surface area contributed by atoms with Gasteiger partial charge in [0.2, 0.25) is 0 Å². The molecule has 0 radical (unpaired) electrons. The number of halogens is 1. The van der Waals surface area contributed by atoms with E-state index in [1.54, 1.807) is 7.05 Å². The molecule has 102 valence electrons. The topological polar surface area (TPSA) is 56.0 Å². The number of hydrogen-bond donors (Lipinski definition) is 1. The van der Waals surface area contributed by atoms with Gasteiger partial charge in [-0.1, -0.05) is 6.07 Å². The monoisotopic (exact) mass is 265 g/mol. The Morgan fingerprint density at radius 3 is 2.74 bits per heavy atom. The number of para-hydroxylation sites is 1. The van der Waals surface area contributed by atoms with Crippen molar-refractivity contribution in [3.63, 3.8) is 0 Å². The van der Waals surface area contributed by atoms with Gasteiger partial charge in [-0.05, 0) is 32.1 Å². The lowest BCUT2D eigenvalue weighted by atomic mass is 10.2. The van der Waals surface area contributed by atoms with Crippen molar-refractivity contribution < 1.29 is 4.39 Å². The summed E-state index contributed by atoms with van der Waals surface area (Å²) in [4.78, 5) is 24.3. The van der Waals surface area contributed by atoms with Gasteiger partial charge in [0.15, 0.2) is 0 Å². The third-order valence-corrected chi connectivity index (χ3v) is 3.12. The molecule has 1 aromatic carbocycles. The Bertz CT molecular complexity index is 718. The van der Waals surface area contributed by atoms with E-state index in [9.17, 15) is 14.0 Å². The average Bonchev–Trinajstić information content (AvgIpc) is 2.40. The van der Waals surface area contributed by atoms with Gasteiger partial charge in [-0.3, -0.25) is 13.9 Å². The van der Waals surface area contributed by atoms with Crippen LogP contribution >= 0.6 is 0 Å². The first-order chi connectivity index (χ1) is 9.07. The van der Waals surface area contributed by atoms with Gasteiger partial charge in [-0.2, -0.15) is 0 Å². The molecule has 0 saturated heterocycles. The normalized spacial score (nSPS) is 11.1. The van der Waals surface area contributed by atoms with E-state index in [1.165, 1.54) is 29.8 Å². The summed E-state index contributed by atoms with van der Waals surface area (Å²) in [5.41, 5.74) is -0.866. The van der Waals surface area contributed by atoms with Gasteiger partial charge in [-0.25, -0.2) is 9.18 Å². The number of aromatic nitrogens is 2. The molecule has 0 saturated carbocycles. The van der Waals surface area contributed by atoms with Crippen molar-refractivity contribution in [1.82, 2.24) is 14.5 Å². The molecule has 2 aromatic rings. The van der Waals surface area contributed by atoms with Crippen molar-refractivity contribution in [2.75, 3.05) is 13.6 Å². The van der Waals surface area contributed by atoms with Crippen molar-refractivity contribution in [3.8, 4) is 0 Å². The Hall–Kier alpha value is -1.95. The lowest BCUT2D eigenvalue weighted by Crippen LogP contribution is -2.39. The molecule has 19 heavy (non-hydrogen) atoms. The van der Waals surface area contributed by atoms with Gasteiger partial charge in [0.05, 0.1) is 10.9 Å². The van der Waals surface area contributed by atoms with Crippen molar-refractivity contribution in [3.05, 3.63) is 44.9 Å². The molecule has 0 spiro atoms. The Balaban J connectivity index is 2.68. The van der Waals surface area contributed by atoms with Crippen LogP contribution in [0.1, 0.15) is 6.42 Å². The van der Waals surface area contributed by atoms with Crippen LogP contribution < -0.4 is 16.6 Å². The molecule has 0 aliphatic heterocycles. The molecule has 1 heterocycles. The maximum absolute atomic E-state index is 13.7. The van der Waals surface area contributed by atoms with Gasteiger partial charge in [0.25, 0.3) is 5.56 Å². The van der Waals surface area contributed by atoms with Gasteiger partial charge in [-0.15, -0.1) is 0 Å². The molecule has 0 fully saturated rings. The van der Waals surface area contributed by atoms with Crippen LogP contribution in [0.3, 0.4) is 0 Å². The maximum Gasteiger partial charge on any atom is 0.331 e. The van der Waals surface area contributed by atoms with Crippen LogP contribution in [0.25, 0.3) is 10.9 Å². The highest BCUT2D eigenvalue weighted by molar-refractivity contribution is 5.78. The summed E-state index contributed by atoms with van der Waals surface area (Å²) in [5, 5.41) is 3.18. The van der Waals surface area contributed by atoms with Crippen LogP contribution in [-0.4, -0.2) is 22.7 Å². The highest BCUT2D eigenvalue weighted by atomic mass is 19.1. The number of hydrogen-bond acceptors (Lipinski definition) is 3. The first kappa shape index (κ1) is 13.5.